The predicted octanol–water partition coefficient (Wildman–Crippen LogP) is 0.0380. The molecule has 6 atom stereocenters. The molecule has 0 aliphatic carbocycles. The van der Waals surface area contributed by atoms with Gasteiger partial charge in [0.2, 0.25) is 0 Å². The van der Waals surface area contributed by atoms with Gasteiger partial charge in [-0.25, -0.2) is 28.3 Å². The van der Waals surface area contributed by atoms with Crippen LogP contribution in [0.15, 0.2) is 36.7 Å². The van der Waals surface area contributed by atoms with Crippen molar-refractivity contribution in [1.29, 1.82) is 0 Å². The molecule has 0 saturated carbocycles. The molecule has 8 N–H and O–H groups in total. The van der Waals surface area contributed by atoms with Gasteiger partial charge < -0.3 is 40.3 Å². The second kappa shape index (κ2) is 10.2. The van der Waals surface area contributed by atoms with Crippen LogP contribution in [0.1, 0.15) is 6.23 Å². The molecule has 3 heterocycles. The second-order valence-electron chi connectivity index (χ2n) is 7.55. The summed E-state index contributed by atoms with van der Waals surface area (Å²) in [6.07, 6.45) is -5.16. The van der Waals surface area contributed by atoms with Crippen molar-refractivity contribution < 1.29 is 61.4 Å². The summed E-state index contributed by atoms with van der Waals surface area (Å²) in [5.41, 5.74) is 7.14. The SMILES string of the molecule is Nc1ncnc2c1c(-c1ccccc1)nn2[C@@H]1O[C@H](COP(=O)(O)OP(=O)(O)OP(=O)(O)O)[C@@H](O)[C@H]1O. The summed E-state index contributed by atoms with van der Waals surface area (Å²) < 4.78 is 52.6. The molecule has 2 aromatic heterocycles. The van der Waals surface area contributed by atoms with E-state index in [1.54, 1.807) is 30.3 Å². The highest BCUT2D eigenvalue weighted by Gasteiger charge is 2.47. The van der Waals surface area contributed by atoms with E-state index in [-0.39, 0.29) is 11.5 Å². The summed E-state index contributed by atoms with van der Waals surface area (Å²) >= 11 is 0. The first kappa shape index (κ1) is 27.9. The van der Waals surface area contributed by atoms with E-state index in [1.807, 2.05) is 0 Å². The van der Waals surface area contributed by atoms with Gasteiger partial charge in [-0.15, -0.1) is 0 Å². The second-order valence-corrected chi connectivity index (χ2v) is 12.0. The quantitative estimate of drug-likeness (QED) is 0.164. The first-order chi connectivity index (χ1) is 17.2. The summed E-state index contributed by atoms with van der Waals surface area (Å²) in [7, 11) is -16.8. The van der Waals surface area contributed by atoms with Crippen LogP contribution in [0, 0.1) is 0 Å². The third kappa shape index (κ3) is 6.30. The van der Waals surface area contributed by atoms with E-state index in [2.05, 4.69) is 28.2 Å². The Morgan fingerprint density at radius 1 is 0.973 bits per heavy atom. The summed E-state index contributed by atoms with van der Waals surface area (Å²) in [5.74, 6) is 0.0762. The fourth-order valence-electron chi connectivity index (χ4n) is 3.51. The van der Waals surface area contributed by atoms with E-state index < -0.39 is 54.6 Å². The number of rotatable bonds is 9. The number of nitrogens with zero attached hydrogens (tertiary/aromatic N) is 4. The van der Waals surface area contributed by atoms with Gasteiger partial charge >= 0.3 is 23.5 Å². The zero-order chi connectivity index (χ0) is 27.2. The molecule has 202 valence electrons. The zero-order valence-corrected chi connectivity index (χ0v) is 20.9. The predicted molar refractivity (Wildman–Crippen MR) is 121 cm³/mol. The largest absolute Gasteiger partial charge is 0.490 e. The van der Waals surface area contributed by atoms with Gasteiger partial charge in [0.15, 0.2) is 11.9 Å². The summed E-state index contributed by atoms with van der Waals surface area (Å²) in [5, 5.41) is 25.8. The molecule has 37 heavy (non-hydrogen) atoms. The maximum absolute atomic E-state index is 12.0. The first-order valence-electron chi connectivity index (χ1n) is 10.0. The van der Waals surface area contributed by atoms with Gasteiger partial charge in [0.1, 0.15) is 36.2 Å². The van der Waals surface area contributed by atoms with Crippen molar-refractivity contribution in [1.82, 2.24) is 19.7 Å². The van der Waals surface area contributed by atoms with Crippen LogP contribution in [-0.2, 0) is 31.6 Å². The van der Waals surface area contributed by atoms with Crippen molar-refractivity contribution in [2.24, 2.45) is 0 Å². The molecule has 4 rings (SSSR count). The number of nitrogens with two attached hydrogens (primary N) is 1. The molecule has 0 spiro atoms. The lowest BCUT2D eigenvalue weighted by atomic mass is 10.1. The van der Waals surface area contributed by atoms with E-state index >= 15 is 0 Å². The molecule has 1 aliphatic heterocycles. The number of hydrogen-bond donors (Lipinski definition) is 7. The highest BCUT2D eigenvalue weighted by Crippen LogP contribution is 2.66. The fourth-order valence-corrected chi connectivity index (χ4v) is 6.54. The molecule has 1 saturated heterocycles. The van der Waals surface area contributed by atoms with Gasteiger partial charge in [-0.05, 0) is 0 Å². The maximum Gasteiger partial charge on any atom is 0.490 e. The Hall–Kier alpha value is -2.14. The molecule has 1 aliphatic rings. The Balaban J connectivity index is 1.56. The molecule has 0 bridgehead atoms. The minimum Gasteiger partial charge on any atom is -0.387 e. The minimum atomic E-state index is -5.74. The average molecular weight is 583 g/mol. The Morgan fingerprint density at radius 2 is 1.65 bits per heavy atom. The average Bonchev–Trinajstić information content (AvgIpc) is 3.29. The number of aromatic nitrogens is 4. The number of phosphoric acid groups is 3. The van der Waals surface area contributed by atoms with E-state index in [4.69, 9.17) is 20.3 Å². The molecule has 0 amide bonds. The van der Waals surface area contributed by atoms with Crippen LogP contribution in [0.4, 0.5) is 5.82 Å². The van der Waals surface area contributed by atoms with Gasteiger partial charge in [-0.1, -0.05) is 30.3 Å². The Morgan fingerprint density at radius 3 is 2.30 bits per heavy atom. The Kier molecular flexibility index (Phi) is 7.69. The lowest BCUT2D eigenvalue weighted by molar-refractivity contribution is -0.0557. The fraction of sp³-hybridized carbons (Fsp3) is 0.312. The van der Waals surface area contributed by atoms with E-state index in [1.165, 1.54) is 0 Å². The van der Waals surface area contributed by atoms with Gasteiger partial charge in [0, 0.05) is 5.56 Å². The smallest absolute Gasteiger partial charge is 0.387 e. The molecular weight excluding hydrogens is 563 g/mol. The molecule has 18 nitrogen and oxygen atoms in total. The molecule has 1 fully saturated rings. The summed E-state index contributed by atoms with van der Waals surface area (Å²) in [4.78, 5) is 44.1. The van der Waals surface area contributed by atoms with Crippen LogP contribution in [0.5, 0.6) is 0 Å². The molecule has 1 aromatic carbocycles. The molecular formula is C16H20N5O13P3. The standard InChI is InChI=1S/C16H20N5O13P3/c17-14-10-11(8-4-2-1-3-5-8)20-21(15(10)19-7-18-14)16-13(23)12(22)9(32-16)6-31-36(27,28)34-37(29,30)33-35(24,25)26/h1-5,7,9,12-13,16,22-23H,6H2,(H,27,28)(H,29,30)(H2,17,18,19)(H2,24,25,26)/t9-,12-,13-,16-/m1/s1. The Labute approximate surface area is 206 Å². The van der Waals surface area contributed by atoms with Gasteiger partial charge in [-0.3, -0.25) is 4.52 Å². The van der Waals surface area contributed by atoms with Crippen molar-refractivity contribution in [2.75, 3.05) is 12.3 Å². The number of nitrogen functional groups attached to an aromatic ring is 1. The minimum absolute atomic E-state index is 0.0762. The summed E-state index contributed by atoms with van der Waals surface area (Å²) in [6.45, 7) is -0.986. The molecule has 2 unspecified atom stereocenters. The number of hydrogen-bond acceptors (Lipinski definition) is 13. The van der Waals surface area contributed by atoms with Crippen molar-refractivity contribution >= 4 is 40.3 Å². The van der Waals surface area contributed by atoms with Crippen molar-refractivity contribution in [3.63, 3.8) is 0 Å². The normalized spacial score (nSPS) is 25.7. The van der Waals surface area contributed by atoms with Crippen LogP contribution < -0.4 is 5.73 Å². The first-order valence-corrected chi connectivity index (χ1v) is 14.5. The van der Waals surface area contributed by atoms with E-state index in [0.29, 0.717) is 16.6 Å². The third-order valence-corrected chi connectivity index (χ3v) is 8.76. The van der Waals surface area contributed by atoms with Crippen molar-refractivity contribution in [3.8, 4) is 11.3 Å². The van der Waals surface area contributed by atoms with Crippen LogP contribution in [0.3, 0.4) is 0 Å². The van der Waals surface area contributed by atoms with Crippen molar-refractivity contribution in [3.05, 3.63) is 36.7 Å². The zero-order valence-electron chi connectivity index (χ0n) is 18.2. The lowest BCUT2D eigenvalue weighted by Gasteiger charge is -2.19. The van der Waals surface area contributed by atoms with E-state index in [0.717, 1.165) is 11.0 Å². The highest BCUT2D eigenvalue weighted by molar-refractivity contribution is 7.66. The number of fused-ring (bicyclic) bond motifs is 1. The van der Waals surface area contributed by atoms with Gasteiger partial charge in [-0.2, -0.15) is 13.7 Å². The molecule has 0 radical (unpaired) electrons. The lowest BCUT2D eigenvalue weighted by Crippen LogP contribution is -2.33. The van der Waals surface area contributed by atoms with Gasteiger partial charge in [0.05, 0.1) is 12.0 Å². The number of aliphatic hydroxyl groups is 2. The van der Waals surface area contributed by atoms with Crippen molar-refractivity contribution in [2.45, 2.75) is 24.5 Å². The van der Waals surface area contributed by atoms with E-state index in [9.17, 15) is 33.7 Å². The number of benzene rings is 1. The summed E-state index contributed by atoms with van der Waals surface area (Å²) in [6, 6.07) is 8.77. The molecule has 21 heteroatoms. The maximum atomic E-state index is 12.0. The highest BCUT2D eigenvalue weighted by atomic mass is 31.3. The van der Waals surface area contributed by atoms with Crippen LogP contribution in [0.2, 0.25) is 0 Å². The number of aliphatic hydroxyl groups excluding tert-OH is 2. The van der Waals surface area contributed by atoms with Gasteiger partial charge in [0.25, 0.3) is 0 Å². The topological polar surface area (TPSA) is 279 Å². The Bertz CT molecular complexity index is 1430. The van der Waals surface area contributed by atoms with Crippen LogP contribution in [0.25, 0.3) is 22.3 Å². The number of ether oxygens (including phenoxy) is 1. The third-order valence-electron chi connectivity index (χ3n) is 4.96. The van der Waals surface area contributed by atoms with Crippen LogP contribution in [-0.4, -0.2) is 74.5 Å². The number of phosphoric ester groups is 1. The van der Waals surface area contributed by atoms with Crippen LogP contribution >= 0.6 is 23.5 Å². The molecule has 3 aromatic rings. The number of anilines is 1. The monoisotopic (exact) mass is 583 g/mol.